The Hall–Kier alpha value is -1.67. The molecule has 8 heteroatoms. The number of carbonyl (C=O) groups is 1. The van der Waals surface area contributed by atoms with Crippen molar-refractivity contribution in [2.75, 3.05) is 0 Å². The van der Waals surface area contributed by atoms with E-state index in [1.54, 1.807) is 0 Å². The van der Waals surface area contributed by atoms with E-state index in [4.69, 9.17) is 30.0 Å². The van der Waals surface area contributed by atoms with Crippen LogP contribution in [0.25, 0.3) is 0 Å². The van der Waals surface area contributed by atoms with E-state index in [0.29, 0.717) is 17.0 Å². The van der Waals surface area contributed by atoms with Gasteiger partial charge in [-0.05, 0) is 31.3 Å². The second-order valence-corrected chi connectivity index (χ2v) is 11.1. The maximum atomic E-state index is 12.5. The van der Waals surface area contributed by atoms with Gasteiger partial charge in [0.2, 0.25) is 0 Å². The molecule has 0 aliphatic rings. The van der Waals surface area contributed by atoms with Gasteiger partial charge in [0.15, 0.2) is 14.1 Å². The van der Waals surface area contributed by atoms with Crippen LogP contribution >= 0.6 is 11.6 Å². The molecular formula is C21H21ClCrO5Si. The third-order valence-electron chi connectivity index (χ3n) is 3.21. The number of benzene rings is 2. The Bertz CT molecular complexity index is 756. The van der Waals surface area contributed by atoms with Crippen LogP contribution in [0.4, 0.5) is 0 Å². The van der Waals surface area contributed by atoms with Crippen LogP contribution in [0.1, 0.15) is 28.4 Å². The van der Waals surface area contributed by atoms with Crippen molar-refractivity contribution in [1.82, 2.24) is 0 Å². The van der Waals surface area contributed by atoms with Crippen LogP contribution < -0.4 is 0 Å². The molecule has 0 N–H and O–H groups in total. The summed E-state index contributed by atoms with van der Waals surface area (Å²) in [5.41, 5.74) is 1.59. The van der Waals surface area contributed by atoms with Crippen LogP contribution in [0.3, 0.4) is 0 Å². The molecule has 0 aromatic heterocycles. The van der Waals surface area contributed by atoms with E-state index in [0.717, 1.165) is 5.56 Å². The van der Waals surface area contributed by atoms with Crippen molar-refractivity contribution in [1.29, 1.82) is 0 Å². The predicted octanol–water partition coefficient (Wildman–Crippen LogP) is 5.39. The molecule has 0 bridgehead atoms. The molecule has 152 valence electrons. The molecule has 2 rings (SSSR count). The van der Waals surface area contributed by atoms with Gasteiger partial charge in [0.05, 0.1) is 6.10 Å². The SMILES string of the molecule is C[Si](C)(C)O[C@@H](CC(=O)c1ccccc1)c1ccccc1Cl.[C-]#[O+].[C-]#[O+].[C-]#[O+].[Cr]. The maximum absolute atomic E-state index is 12.5. The summed E-state index contributed by atoms with van der Waals surface area (Å²) >= 11 is 6.30. The zero-order valence-corrected chi connectivity index (χ0v) is 19.3. The molecule has 2 aromatic rings. The standard InChI is InChI=1S/C18H21ClO2Si.3CO.Cr/c1-22(2,3)21-18(15-11-7-8-12-16(15)19)13-17(20)14-9-5-4-6-10-14;3*1-2;/h4-12,18H,13H2,1-3H3;;;;/t18-;;;;/m0..../s1. The summed E-state index contributed by atoms with van der Waals surface area (Å²) in [6.45, 7) is 19.8. The minimum atomic E-state index is -1.80. The third-order valence-corrected chi connectivity index (χ3v) is 4.55. The van der Waals surface area contributed by atoms with Crippen LogP contribution in [0.2, 0.25) is 24.7 Å². The second kappa shape index (κ2) is 18.4. The molecule has 1 atom stereocenters. The van der Waals surface area contributed by atoms with Gasteiger partial charge in [-0.25, -0.2) is 0 Å². The number of carbonyl (C=O) groups excluding carboxylic acids is 1. The number of ketones is 1. The zero-order valence-electron chi connectivity index (χ0n) is 16.3. The first-order chi connectivity index (χ1) is 13.4. The van der Waals surface area contributed by atoms with Gasteiger partial charge in [0.1, 0.15) is 0 Å². The van der Waals surface area contributed by atoms with E-state index in [2.05, 4.69) is 39.6 Å². The summed E-state index contributed by atoms with van der Waals surface area (Å²) in [5.74, 6) is 0.0729. The predicted molar refractivity (Wildman–Crippen MR) is 106 cm³/mol. The quantitative estimate of drug-likeness (QED) is 0.246. The van der Waals surface area contributed by atoms with Gasteiger partial charge in [0.25, 0.3) is 0 Å². The topological polar surface area (TPSA) is 86.0 Å². The smallest absolute Gasteiger partial charge is 0 e. The largest absolute Gasteiger partial charge is 0 e. The number of Topliss-reactive ketones (excluding diaryl/α,β-unsaturated/α-hetero) is 1. The van der Waals surface area contributed by atoms with Crippen molar-refractivity contribution < 1.29 is 40.5 Å². The Morgan fingerprint density at radius 3 is 1.83 bits per heavy atom. The second-order valence-electron chi connectivity index (χ2n) is 6.23. The molecule has 0 aliphatic carbocycles. The minimum absolute atomic E-state index is 0. The minimum Gasteiger partial charge on any atom is 0 e. The van der Waals surface area contributed by atoms with Crippen LogP contribution in [0.5, 0.6) is 0 Å². The maximum Gasteiger partial charge on any atom is 0 e. The summed E-state index contributed by atoms with van der Waals surface area (Å²) in [6.07, 6.45) is 0.00551. The number of rotatable bonds is 6. The number of hydrogen-bond donors (Lipinski definition) is 0. The Morgan fingerprint density at radius 1 is 0.931 bits per heavy atom. The molecule has 29 heavy (non-hydrogen) atoms. The molecule has 0 fully saturated rings. The molecule has 0 unspecified atom stereocenters. The van der Waals surface area contributed by atoms with Crippen molar-refractivity contribution in [3.05, 3.63) is 90.7 Å². The van der Waals surface area contributed by atoms with Gasteiger partial charge < -0.3 is 4.43 Å². The molecule has 5 nitrogen and oxygen atoms in total. The van der Waals surface area contributed by atoms with Crippen molar-refractivity contribution in [2.24, 2.45) is 0 Å². The van der Waals surface area contributed by atoms with E-state index in [9.17, 15) is 4.79 Å². The summed E-state index contributed by atoms with van der Waals surface area (Å²) in [5, 5.41) is 0.645. The van der Waals surface area contributed by atoms with E-state index >= 15 is 0 Å². The Kier molecular flexibility index (Phi) is 20.3. The fourth-order valence-corrected chi connectivity index (χ4v) is 3.61. The summed E-state index contributed by atoms with van der Waals surface area (Å²) < 4.78 is 28.7. The zero-order chi connectivity index (χ0) is 22.2. The Labute approximate surface area is 188 Å². The van der Waals surface area contributed by atoms with Crippen molar-refractivity contribution in [3.63, 3.8) is 0 Å². The van der Waals surface area contributed by atoms with Gasteiger partial charge >= 0.3 is 33.9 Å². The molecule has 0 aliphatic heterocycles. The van der Waals surface area contributed by atoms with Crippen LogP contribution in [-0.2, 0) is 35.7 Å². The molecule has 0 spiro atoms. The Morgan fingerprint density at radius 2 is 1.38 bits per heavy atom. The summed E-state index contributed by atoms with van der Waals surface area (Å²) in [4.78, 5) is 12.5. The molecule has 0 saturated carbocycles. The van der Waals surface area contributed by atoms with Crippen molar-refractivity contribution >= 4 is 25.7 Å². The molecule has 0 radical (unpaired) electrons. The first-order valence-corrected chi connectivity index (χ1v) is 11.8. The van der Waals surface area contributed by atoms with Gasteiger partial charge in [-0.1, -0.05) is 60.1 Å². The van der Waals surface area contributed by atoms with E-state index in [-0.39, 0.29) is 29.2 Å². The van der Waals surface area contributed by atoms with E-state index < -0.39 is 8.32 Å². The Balaban J connectivity index is -0.000000883. The average molecular weight is 469 g/mol. The monoisotopic (exact) mass is 468 g/mol. The number of hydrogen-bond acceptors (Lipinski definition) is 2. The molecule has 0 saturated heterocycles. The van der Waals surface area contributed by atoms with E-state index in [1.807, 2.05) is 54.6 Å². The van der Waals surface area contributed by atoms with Crippen LogP contribution in [0, 0.1) is 20.0 Å². The van der Waals surface area contributed by atoms with Gasteiger partial charge in [-0.3, -0.25) is 4.79 Å². The fraction of sp³-hybridized carbons (Fsp3) is 0.238. The van der Waals surface area contributed by atoms with Gasteiger partial charge in [-0.15, -0.1) is 0 Å². The van der Waals surface area contributed by atoms with Crippen LogP contribution in [0.15, 0.2) is 54.6 Å². The first kappa shape index (κ1) is 32.0. The molecule has 0 amide bonds. The molecule has 2 aromatic carbocycles. The van der Waals surface area contributed by atoms with Gasteiger partial charge in [-0.2, -0.15) is 0 Å². The normalized spacial score (nSPS) is 10.0. The average Bonchev–Trinajstić information content (AvgIpc) is 2.72. The fourth-order valence-electron chi connectivity index (χ4n) is 2.29. The number of halogens is 1. The van der Waals surface area contributed by atoms with Gasteiger partial charge in [0, 0.05) is 34.4 Å². The summed E-state index contributed by atoms with van der Waals surface area (Å²) in [6, 6.07) is 16.9. The third kappa shape index (κ3) is 13.2. The summed E-state index contributed by atoms with van der Waals surface area (Å²) in [7, 11) is -1.80. The van der Waals surface area contributed by atoms with Crippen LogP contribution in [-0.4, -0.2) is 14.1 Å². The van der Waals surface area contributed by atoms with Crippen molar-refractivity contribution in [2.45, 2.75) is 32.2 Å². The molecule has 0 heterocycles. The van der Waals surface area contributed by atoms with Crippen molar-refractivity contribution in [3.8, 4) is 0 Å². The first-order valence-electron chi connectivity index (χ1n) is 7.98. The molecular weight excluding hydrogens is 448 g/mol. The van der Waals surface area contributed by atoms with E-state index in [1.165, 1.54) is 0 Å².